The first-order valence-electron chi connectivity index (χ1n) is 5.99. The molecule has 0 spiro atoms. The zero-order valence-electron chi connectivity index (χ0n) is 10.2. The van der Waals surface area contributed by atoms with E-state index in [1.165, 1.54) is 6.07 Å². The van der Waals surface area contributed by atoms with Crippen LogP contribution in [0.2, 0.25) is 0 Å². The van der Waals surface area contributed by atoms with Gasteiger partial charge in [0.15, 0.2) is 0 Å². The third-order valence-corrected chi connectivity index (χ3v) is 3.07. The number of piperidine rings is 1. The van der Waals surface area contributed by atoms with Gasteiger partial charge in [0.05, 0.1) is 4.92 Å². The van der Waals surface area contributed by atoms with Gasteiger partial charge in [-0.25, -0.2) is 0 Å². The minimum Gasteiger partial charge on any atom is -0.355 e. The van der Waals surface area contributed by atoms with Gasteiger partial charge in [0.25, 0.3) is 0 Å². The van der Waals surface area contributed by atoms with Gasteiger partial charge in [-0.15, -0.1) is 0 Å². The zero-order chi connectivity index (χ0) is 13.8. The summed E-state index contributed by atoms with van der Waals surface area (Å²) in [6.45, 7) is 0.962. The summed E-state index contributed by atoms with van der Waals surface area (Å²) in [5.41, 5.74) is 0.119. The number of nitrogens with one attached hydrogen (secondary N) is 2. The van der Waals surface area contributed by atoms with Gasteiger partial charge in [-0.05, 0) is 18.1 Å². The van der Waals surface area contributed by atoms with Crippen molar-refractivity contribution < 1.29 is 14.1 Å². The van der Waals surface area contributed by atoms with Gasteiger partial charge < -0.3 is 10.6 Å². The Morgan fingerprint density at radius 2 is 2.32 bits per heavy atom. The SMILES string of the molecule is O=C1CCC(NCc2ccc([N+](=O)[O-])c(F)c2)CN1. The van der Waals surface area contributed by atoms with Crippen molar-refractivity contribution in [2.75, 3.05) is 6.54 Å². The Morgan fingerprint density at radius 1 is 1.53 bits per heavy atom. The number of carbonyl (C=O) groups excluding carboxylic acids is 1. The Balaban J connectivity index is 1.91. The van der Waals surface area contributed by atoms with Crippen molar-refractivity contribution in [2.45, 2.75) is 25.4 Å². The molecule has 0 bridgehead atoms. The summed E-state index contributed by atoms with van der Waals surface area (Å²) in [5.74, 6) is -0.791. The number of hydrogen-bond acceptors (Lipinski definition) is 4. The molecule has 1 fully saturated rings. The number of benzene rings is 1. The number of carbonyl (C=O) groups is 1. The van der Waals surface area contributed by atoms with Crippen LogP contribution in [-0.2, 0) is 11.3 Å². The molecule has 1 atom stereocenters. The number of nitro groups is 1. The first-order chi connectivity index (χ1) is 9.06. The molecular formula is C12H14FN3O3. The lowest BCUT2D eigenvalue weighted by molar-refractivity contribution is -0.387. The summed E-state index contributed by atoms with van der Waals surface area (Å²) >= 11 is 0. The van der Waals surface area contributed by atoms with Crippen LogP contribution in [0.4, 0.5) is 10.1 Å². The van der Waals surface area contributed by atoms with Crippen molar-refractivity contribution in [2.24, 2.45) is 0 Å². The normalized spacial score (nSPS) is 19.0. The predicted octanol–water partition coefficient (Wildman–Crippen LogP) is 1.10. The van der Waals surface area contributed by atoms with Crippen molar-refractivity contribution in [3.05, 3.63) is 39.7 Å². The van der Waals surface area contributed by atoms with E-state index in [9.17, 15) is 19.3 Å². The van der Waals surface area contributed by atoms with Crippen LogP contribution in [-0.4, -0.2) is 23.4 Å². The van der Waals surface area contributed by atoms with Crippen LogP contribution in [0.5, 0.6) is 0 Å². The first-order valence-corrected chi connectivity index (χ1v) is 5.99. The minimum absolute atomic E-state index is 0.0411. The molecule has 7 heteroatoms. The number of nitrogens with zero attached hydrogens (tertiary/aromatic N) is 1. The lowest BCUT2D eigenvalue weighted by atomic mass is 10.1. The quantitative estimate of drug-likeness (QED) is 0.632. The molecule has 0 aromatic heterocycles. The number of nitro benzene ring substituents is 1. The molecule has 2 rings (SSSR count). The highest BCUT2D eigenvalue weighted by molar-refractivity contribution is 5.76. The summed E-state index contributed by atoms with van der Waals surface area (Å²) in [7, 11) is 0. The van der Waals surface area contributed by atoms with Gasteiger partial charge in [-0.2, -0.15) is 4.39 Å². The van der Waals surface area contributed by atoms with Crippen molar-refractivity contribution in [3.63, 3.8) is 0 Å². The van der Waals surface area contributed by atoms with E-state index in [4.69, 9.17) is 0 Å². The van der Waals surface area contributed by atoms with Crippen molar-refractivity contribution >= 4 is 11.6 Å². The fourth-order valence-corrected chi connectivity index (χ4v) is 1.98. The van der Waals surface area contributed by atoms with Crippen LogP contribution in [0.25, 0.3) is 0 Å². The Kier molecular flexibility index (Phi) is 4.06. The second kappa shape index (κ2) is 5.75. The van der Waals surface area contributed by atoms with Gasteiger partial charge in [-0.1, -0.05) is 6.07 Å². The highest BCUT2D eigenvalue weighted by Crippen LogP contribution is 2.18. The molecule has 1 aromatic carbocycles. The predicted molar refractivity (Wildman–Crippen MR) is 65.9 cm³/mol. The molecule has 1 aliphatic rings. The fourth-order valence-electron chi connectivity index (χ4n) is 1.98. The first kappa shape index (κ1) is 13.4. The van der Waals surface area contributed by atoms with Gasteiger partial charge >= 0.3 is 5.69 Å². The van der Waals surface area contributed by atoms with Gasteiger partial charge in [0, 0.05) is 31.6 Å². The van der Waals surface area contributed by atoms with Gasteiger partial charge in [0.1, 0.15) is 0 Å². The van der Waals surface area contributed by atoms with E-state index in [0.29, 0.717) is 25.1 Å². The van der Waals surface area contributed by atoms with Crippen LogP contribution in [0, 0.1) is 15.9 Å². The third-order valence-electron chi connectivity index (χ3n) is 3.07. The molecule has 2 N–H and O–H groups in total. The zero-order valence-corrected chi connectivity index (χ0v) is 10.2. The van der Waals surface area contributed by atoms with Crippen LogP contribution < -0.4 is 10.6 Å². The number of halogens is 1. The average molecular weight is 267 g/mol. The smallest absolute Gasteiger partial charge is 0.304 e. The third kappa shape index (κ3) is 3.47. The summed E-state index contributed by atoms with van der Waals surface area (Å²) < 4.78 is 13.4. The summed E-state index contributed by atoms with van der Waals surface area (Å²) in [4.78, 5) is 20.7. The van der Waals surface area contributed by atoms with E-state index in [1.54, 1.807) is 0 Å². The largest absolute Gasteiger partial charge is 0.355 e. The number of rotatable bonds is 4. The summed E-state index contributed by atoms with van der Waals surface area (Å²) in [5, 5.41) is 16.4. The maximum atomic E-state index is 13.4. The van der Waals surface area contributed by atoms with Crippen LogP contribution in [0.15, 0.2) is 18.2 Å². The second-order valence-electron chi connectivity index (χ2n) is 4.46. The fraction of sp³-hybridized carbons (Fsp3) is 0.417. The van der Waals surface area contributed by atoms with E-state index in [0.717, 1.165) is 18.6 Å². The number of hydrogen-bond donors (Lipinski definition) is 2. The molecule has 1 amide bonds. The molecule has 1 aromatic rings. The molecule has 0 saturated carbocycles. The Bertz CT molecular complexity index is 497. The molecule has 1 saturated heterocycles. The maximum Gasteiger partial charge on any atom is 0.304 e. The molecular weight excluding hydrogens is 253 g/mol. The Hall–Kier alpha value is -2.02. The van der Waals surface area contributed by atoms with Crippen molar-refractivity contribution in [1.82, 2.24) is 10.6 Å². The van der Waals surface area contributed by atoms with E-state index in [2.05, 4.69) is 10.6 Å². The van der Waals surface area contributed by atoms with E-state index in [1.807, 2.05) is 0 Å². The Labute approximate surface area is 109 Å². The molecule has 0 aliphatic carbocycles. The van der Waals surface area contributed by atoms with Crippen LogP contribution in [0.1, 0.15) is 18.4 Å². The topological polar surface area (TPSA) is 84.3 Å². The van der Waals surface area contributed by atoms with E-state index in [-0.39, 0.29) is 11.9 Å². The van der Waals surface area contributed by atoms with Crippen molar-refractivity contribution in [1.29, 1.82) is 0 Å². The van der Waals surface area contributed by atoms with E-state index < -0.39 is 16.4 Å². The molecule has 1 heterocycles. The molecule has 19 heavy (non-hydrogen) atoms. The van der Waals surface area contributed by atoms with Crippen LogP contribution in [0.3, 0.4) is 0 Å². The summed E-state index contributed by atoms with van der Waals surface area (Å²) in [6.07, 6.45) is 1.22. The average Bonchev–Trinajstić information content (AvgIpc) is 2.37. The van der Waals surface area contributed by atoms with Gasteiger partial charge in [0.2, 0.25) is 11.7 Å². The lowest BCUT2D eigenvalue weighted by Crippen LogP contribution is -2.45. The minimum atomic E-state index is -0.832. The van der Waals surface area contributed by atoms with Crippen LogP contribution >= 0.6 is 0 Å². The maximum absolute atomic E-state index is 13.4. The molecule has 1 unspecified atom stereocenters. The number of amides is 1. The lowest BCUT2D eigenvalue weighted by Gasteiger charge is -2.23. The van der Waals surface area contributed by atoms with Crippen molar-refractivity contribution in [3.8, 4) is 0 Å². The molecule has 6 nitrogen and oxygen atoms in total. The monoisotopic (exact) mass is 267 g/mol. The standard InChI is InChI=1S/C12H14FN3O3/c13-10-5-8(1-3-11(10)16(18)19)6-14-9-2-4-12(17)15-7-9/h1,3,5,9,14H,2,4,6-7H2,(H,15,17). The molecule has 1 aliphatic heterocycles. The van der Waals surface area contributed by atoms with Gasteiger partial charge in [-0.3, -0.25) is 14.9 Å². The van der Waals surface area contributed by atoms with E-state index >= 15 is 0 Å². The highest BCUT2D eigenvalue weighted by atomic mass is 19.1. The molecule has 102 valence electrons. The second-order valence-corrected chi connectivity index (χ2v) is 4.46. The Morgan fingerprint density at radius 3 is 2.89 bits per heavy atom. The molecule has 0 radical (unpaired) electrons. The highest BCUT2D eigenvalue weighted by Gasteiger charge is 2.18. The summed E-state index contributed by atoms with van der Waals surface area (Å²) in [6, 6.07) is 3.99.